The lowest BCUT2D eigenvalue weighted by molar-refractivity contribution is -0.139. The monoisotopic (exact) mass is 224 g/mol. The number of rotatable bonds is 4. The molecular weight excluding hydrogens is 208 g/mol. The quantitative estimate of drug-likeness (QED) is 0.762. The maximum absolute atomic E-state index is 10.6. The number of hydrogen-bond acceptors (Lipinski definition) is 4. The Morgan fingerprint density at radius 2 is 2.38 bits per heavy atom. The number of nitrogens with zero attached hydrogens (tertiary/aromatic N) is 3. The van der Waals surface area contributed by atoms with Gasteiger partial charge in [-0.3, -0.25) is 10.1 Å². The third kappa shape index (κ3) is 2.21. The number of aromatic nitrogens is 3. The first-order chi connectivity index (χ1) is 7.68. The lowest BCUT2D eigenvalue weighted by atomic mass is 10.2. The van der Waals surface area contributed by atoms with Gasteiger partial charge in [0.15, 0.2) is 0 Å². The van der Waals surface area contributed by atoms with Gasteiger partial charge in [0.25, 0.3) is 0 Å². The van der Waals surface area contributed by atoms with E-state index in [9.17, 15) is 4.79 Å². The van der Waals surface area contributed by atoms with E-state index in [0.717, 1.165) is 37.5 Å². The van der Waals surface area contributed by atoms with Crippen molar-refractivity contribution in [1.29, 1.82) is 0 Å². The predicted octanol–water partition coefficient (Wildman–Crippen LogP) is 0.177. The number of aliphatic carboxylic acids is 1. The largest absolute Gasteiger partial charge is 0.480 e. The second-order valence-electron chi connectivity index (χ2n) is 4.08. The van der Waals surface area contributed by atoms with Crippen molar-refractivity contribution in [2.45, 2.75) is 45.3 Å². The van der Waals surface area contributed by atoms with E-state index in [-0.39, 0.29) is 0 Å². The fourth-order valence-corrected chi connectivity index (χ4v) is 1.83. The topological polar surface area (TPSA) is 80.0 Å². The van der Waals surface area contributed by atoms with Crippen molar-refractivity contribution in [3.8, 4) is 0 Å². The summed E-state index contributed by atoms with van der Waals surface area (Å²) in [5.41, 5.74) is 0. The second kappa shape index (κ2) is 4.61. The van der Waals surface area contributed by atoms with Gasteiger partial charge in [0.2, 0.25) is 0 Å². The summed E-state index contributed by atoms with van der Waals surface area (Å²) in [5.74, 6) is 1.01. The molecule has 2 rings (SSSR count). The van der Waals surface area contributed by atoms with Crippen molar-refractivity contribution in [2.75, 3.05) is 0 Å². The van der Waals surface area contributed by atoms with Gasteiger partial charge in [0.05, 0.1) is 6.54 Å². The highest BCUT2D eigenvalue weighted by Crippen LogP contribution is 2.13. The number of aryl methyl sites for hydroxylation is 1. The molecule has 2 N–H and O–H groups in total. The fraction of sp³-hybridized carbons (Fsp3) is 0.700. The Balaban J connectivity index is 1.99. The molecule has 1 unspecified atom stereocenters. The molecule has 1 aromatic rings. The number of carbonyl (C=O) groups is 1. The van der Waals surface area contributed by atoms with Crippen molar-refractivity contribution >= 4 is 5.97 Å². The Hall–Kier alpha value is -1.43. The Morgan fingerprint density at radius 3 is 3.12 bits per heavy atom. The molecule has 0 aliphatic carbocycles. The maximum atomic E-state index is 10.6. The minimum absolute atomic E-state index is 0.459. The molecule has 1 aromatic heterocycles. The van der Waals surface area contributed by atoms with Gasteiger partial charge in [-0.1, -0.05) is 0 Å². The van der Waals surface area contributed by atoms with Crippen molar-refractivity contribution in [1.82, 2.24) is 20.1 Å². The Bertz CT molecular complexity index is 388. The summed E-state index contributed by atoms with van der Waals surface area (Å²) in [6.45, 7) is 3.02. The van der Waals surface area contributed by atoms with Crippen LogP contribution in [-0.4, -0.2) is 31.9 Å². The minimum atomic E-state index is -0.849. The summed E-state index contributed by atoms with van der Waals surface area (Å²) in [6, 6.07) is -0.559. The van der Waals surface area contributed by atoms with E-state index in [1.807, 2.05) is 0 Å². The van der Waals surface area contributed by atoms with Gasteiger partial charge in [-0.25, -0.2) is 0 Å². The summed E-state index contributed by atoms with van der Waals surface area (Å²) in [7, 11) is 0. The highest BCUT2D eigenvalue weighted by atomic mass is 16.4. The van der Waals surface area contributed by atoms with Crippen molar-refractivity contribution in [2.24, 2.45) is 0 Å². The molecule has 2 heterocycles. The van der Waals surface area contributed by atoms with Gasteiger partial charge < -0.3 is 9.67 Å². The molecule has 6 heteroatoms. The summed E-state index contributed by atoms with van der Waals surface area (Å²) < 4.78 is 2.09. The van der Waals surface area contributed by atoms with Crippen molar-refractivity contribution in [3.05, 3.63) is 11.6 Å². The van der Waals surface area contributed by atoms with Gasteiger partial charge in [-0.05, 0) is 19.8 Å². The molecule has 0 saturated carbocycles. The average molecular weight is 224 g/mol. The number of carboxylic acid groups (broad SMARTS) is 1. The standard InChI is InChI=1S/C10H16N4O2/c1-7(10(15)16)11-6-9-13-12-8-4-2-3-5-14(8)9/h7,11H,2-6H2,1H3,(H,15,16). The lowest BCUT2D eigenvalue weighted by Gasteiger charge is -2.15. The molecular formula is C10H16N4O2. The molecule has 6 nitrogen and oxygen atoms in total. The molecule has 16 heavy (non-hydrogen) atoms. The number of hydrogen-bond donors (Lipinski definition) is 2. The van der Waals surface area contributed by atoms with Gasteiger partial charge in [0.1, 0.15) is 17.7 Å². The molecule has 0 bridgehead atoms. The first-order valence-corrected chi connectivity index (χ1v) is 5.55. The van der Waals surface area contributed by atoms with E-state index in [1.165, 1.54) is 0 Å². The van der Waals surface area contributed by atoms with Crippen LogP contribution in [0.15, 0.2) is 0 Å². The molecule has 0 saturated heterocycles. The molecule has 1 atom stereocenters. The molecule has 1 aliphatic rings. The highest BCUT2D eigenvalue weighted by Gasteiger charge is 2.17. The van der Waals surface area contributed by atoms with Crippen LogP contribution in [0.25, 0.3) is 0 Å². The highest BCUT2D eigenvalue weighted by molar-refractivity contribution is 5.72. The summed E-state index contributed by atoms with van der Waals surface area (Å²) in [6.07, 6.45) is 3.28. The zero-order valence-electron chi connectivity index (χ0n) is 9.31. The van der Waals surface area contributed by atoms with Crippen LogP contribution in [0.5, 0.6) is 0 Å². The van der Waals surface area contributed by atoms with Crippen LogP contribution in [0.1, 0.15) is 31.4 Å². The fourth-order valence-electron chi connectivity index (χ4n) is 1.83. The van der Waals surface area contributed by atoms with Crippen LogP contribution < -0.4 is 5.32 Å². The smallest absolute Gasteiger partial charge is 0.320 e. The van der Waals surface area contributed by atoms with Crippen LogP contribution in [-0.2, 0) is 24.3 Å². The van der Waals surface area contributed by atoms with E-state index >= 15 is 0 Å². The molecule has 88 valence electrons. The number of fused-ring (bicyclic) bond motifs is 1. The zero-order valence-corrected chi connectivity index (χ0v) is 9.31. The molecule has 0 fully saturated rings. The van der Waals surface area contributed by atoms with Crippen molar-refractivity contribution < 1.29 is 9.90 Å². The average Bonchev–Trinajstić information content (AvgIpc) is 2.69. The minimum Gasteiger partial charge on any atom is -0.480 e. The molecule has 0 aromatic carbocycles. The van der Waals surface area contributed by atoms with Gasteiger partial charge in [-0.15, -0.1) is 10.2 Å². The summed E-state index contributed by atoms with van der Waals surface area (Å²) in [5, 5.41) is 19.8. The SMILES string of the molecule is CC(NCc1nnc2n1CCCC2)C(=O)O. The maximum Gasteiger partial charge on any atom is 0.320 e. The van der Waals surface area contributed by atoms with E-state index in [4.69, 9.17) is 5.11 Å². The lowest BCUT2D eigenvalue weighted by Crippen LogP contribution is -2.34. The van der Waals surface area contributed by atoms with Gasteiger partial charge in [0, 0.05) is 13.0 Å². The number of carboxylic acids is 1. The van der Waals surface area contributed by atoms with E-state index in [2.05, 4.69) is 20.1 Å². The Kier molecular flexibility index (Phi) is 3.19. The van der Waals surface area contributed by atoms with Crippen molar-refractivity contribution in [3.63, 3.8) is 0 Å². The normalized spacial score (nSPS) is 16.8. The molecule has 0 radical (unpaired) electrons. The van der Waals surface area contributed by atoms with Gasteiger partial charge in [-0.2, -0.15) is 0 Å². The third-order valence-electron chi connectivity index (χ3n) is 2.87. The first kappa shape index (κ1) is 11.1. The van der Waals surface area contributed by atoms with Crippen LogP contribution in [0, 0.1) is 0 Å². The van der Waals surface area contributed by atoms with Crippen LogP contribution >= 0.6 is 0 Å². The molecule has 0 amide bonds. The molecule has 1 aliphatic heterocycles. The Labute approximate surface area is 93.7 Å². The third-order valence-corrected chi connectivity index (χ3v) is 2.87. The van der Waals surface area contributed by atoms with Crippen LogP contribution in [0.3, 0.4) is 0 Å². The summed E-state index contributed by atoms with van der Waals surface area (Å²) >= 11 is 0. The zero-order chi connectivity index (χ0) is 11.5. The molecule has 0 spiro atoms. The van der Waals surface area contributed by atoms with Crippen LogP contribution in [0.2, 0.25) is 0 Å². The van der Waals surface area contributed by atoms with Gasteiger partial charge >= 0.3 is 5.97 Å². The number of nitrogens with one attached hydrogen (secondary N) is 1. The summed E-state index contributed by atoms with van der Waals surface area (Å²) in [4.78, 5) is 10.6. The Morgan fingerprint density at radius 1 is 1.56 bits per heavy atom. The predicted molar refractivity (Wildman–Crippen MR) is 56.9 cm³/mol. The second-order valence-corrected chi connectivity index (χ2v) is 4.08. The van der Waals surface area contributed by atoms with E-state index in [1.54, 1.807) is 6.92 Å². The van der Waals surface area contributed by atoms with Crippen LogP contribution in [0.4, 0.5) is 0 Å². The van der Waals surface area contributed by atoms with E-state index < -0.39 is 12.0 Å². The first-order valence-electron chi connectivity index (χ1n) is 5.55. The van der Waals surface area contributed by atoms with E-state index in [0.29, 0.717) is 6.54 Å².